The van der Waals surface area contributed by atoms with Gasteiger partial charge in [-0.3, -0.25) is 4.79 Å². The molecule has 0 aliphatic rings. The zero-order valence-corrected chi connectivity index (χ0v) is 16.1. The van der Waals surface area contributed by atoms with Crippen molar-refractivity contribution in [2.75, 3.05) is 11.9 Å². The van der Waals surface area contributed by atoms with Gasteiger partial charge in [0.15, 0.2) is 6.04 Å². The summed E-state index contributed by atoms with van der Waals surface area (Å²) in [4.78, 5) is 14.4. The van der Waals surface area contributed by atoms with Crippen LogP contribution in [0.1, 0.15) is 27.6 Å². The van der Waals surface area contributed by atoms with Gasteiger partial charge in [0, 0.05) is 22.5 Å². The Hall–Kier alpha value is -2.43. The average Bonchev–Trinajstić information content (AvgIpc) is 3.16. The molecular weight excluding hydrogens is 340 g/mol. The third-order valence-electron chi connectivity index (χ3n) is 4.47. The first kappa shape index (κ1) is 18.4. The van der Waals surface area contributed by atoms with E-state index in [0.717, 1.165) is 35.3 Å². The van der Waals surface area contributed by atoms with Gasteiger partial charge in [0.1, 0.15) is 0 Å². The van der Waals surface area contributed by atoms with E-state index in [1.54, 1.807) is 11.3 Å². The number of aryl methyl sites for hydroxylation is 2. The summed E-state index contributed by atoms with van der Waals surface area (Å²) in [6, 6.07) is 20.1. The summed E-state index contributed by atoms with van der Waals surface area (Å²) in [7, 11) is 0. The molecule has 0 saturated heterocycles. The number of nitrogens with one attached hydrogen (secondary N) is 1. The fourth-order valence-electron chi connectivity index (χ4n) is 2.98. The first-order valence-corrected chi connectivity index (χ1v) is 9.80. The monoisotopic (exact) mass is 365 g/mol. The topological polar surface area (TPSA) is 45.7 Å². The van der Waals surface area contributed by atoms with Crippen molar-refractivity contribution < 1.29 is 10.1 Å². The molecule has 26 heavy (non-hydrogen) atoms. The number of hydrogen-bond acceptors (Lipinski definition) is 2. The Balaban J connectivity index is 1.73. The molecule has 3 aromatic rings. The molecule has 3 N–H and O–H groups in total. The molecule has 0 bridgehead atoms. The number of carbonyl (C=O) groups excluding carboxylic acids is 1. The first-order valence-electron chi connectivity index (χ1n) is 8.92. The molecule has 2 aromatic carbocycles. The van der Waals surface area contributed by atoms with Crippen molar-refractivity contribution in [2.45, 2.75) is 26.3 Å². The molecule has 1 amide bonds. The summed E-state index contributed by atoms with van der Waals surface area (Å²) in [5.41, 5.74) is 4.14. The molecule has 134 valence electrons. The lowest BCUT2D eigenvalue weighted by Gasteiger charge is -2.17. The largest absolute Gasteiger partial charge is 0.332 e. The van der Waals surface area contributed by atoms with Crippen molar-refractivity contribution in [3.63, 3.8) is 0 Å². The molecule has 0 spiro atoms. The van der Waals surface area contributed by atoms with Crippen LogP contribution < -0.4 is 10.6 Å². The van der Waals surface area contributed by atoms with Gasteiger partial charge in [-0.25, -0.2) is 0 Å². The maximum atomic E-state index is 13.0. The number of benzene rings is 2. The van der Waals surface area contributed by atoms with Crippen molar-refractivity contribution in [2.24, 2.45) is 0 Å². The minimum Gasteiger partial charge on any atom is -0.332 e. The fourth-order valence-corrected chi connectivity index (χ4v) is 3.71. The van der Waals surface area contributed by atoms with E-state index in [1.807, 2.05) is 56.3 Å². The van der Waals surface area contributed by atoms with Crippen LogP contribution >= 0.6 is 11.3 Å². The Bertz CT molecular complexity index is 844. The van der Waals surface area contributed by atoms with Crippen molar-refractivity contribution in [1.82, 2.24) is 0 Å². The first-order chi connectivity index (χ1) is 12.6. The van der Waals surface area contributed by atoms with Crippen LogP contribution in [0.15, 0.2) is 66.0 Å². The Morgan fingerprint density at radius 1 is 1.08 bits per heavy atom. The van der Waals surface area contributed by atoms with E-state index in [2.05, 4.69) is 34.2 Å². The molecule has 0 aliphatic heterocycles. The SMILES string of the molecule is Cc1ccc(C)c(NC(=O)[C@@H]([NH2+]CCc2cccs2)c2ccccc2)c1. The Kier molecular flexibility index (Phi) is 6.21. The maximum absolute atomic E-state index is 13.0. The van der Waals surface area contributed by atoms with E-state index >= 15 is 0 Å². The van der Waals surface area contributed by atoms with E-state index < -0.39 is 0 Å². The molecule has 0 radical (unpaired) electrons. The smallest absolute Gasteiger partial charge is 0.287 e. The molecule has 3 rings (SSSR count). The summed E-state index contributed by atoms with van der Waals surface area (Å²) >= 11 is 1.76. The lowest BCUT2D eigenvalue weighted by atomic mass is 10.0. The maximum Gasteiger partial charge on any atom is 0.287 e. The Morgan fingerprint density at radius 3 is 2.62 bits per heavy atom. The highest BCUT2D eigenvalue weighted by molar-refractivity contribution is 7.09. The molecule has 1 aromatic heterocycles. The summed E-state index contributed by atoms with van der Waals surface area (Å²) in [5, 5.41) is 7.35. The molecule has 0 saturated carbocycles. The Morgan fingerprint density at radius 2 is 1.88 bits per heavy atom. The normalized spacial score (nSPS) is 11.9. The minimum atomic E-state index is -0.254. The number of thiophene rings is 1. The van der Waals surface area contributed by atoms with Gasteiger partial charge in [-0.2, -0.15) is 0 Å². The van der Waals surface area contributed by atoms with Crippen LogP contribution in [0.25, 0.3) is 0 Å². The van der Waals surface area contributed by atoms with Crippen molar-refractivity contribution in [3.8, 4) is 0 Å². The predicted octanol–water partition coefficient (Wildman–Crippen LogP) is 3.85. The summed E-state index contributed by atoms with van der Waals surface area (Å²) in [5.74, 6) is 0.0241. The van der Waals surface area contributed by atoms with Gasteiger partial charge in [-0.15, -0.1) is 11.3 Å². The predicted molar refractivity (Wildman–Crippen MR) is 109 cm³/mol. The number of amides is 1. The average molecular weight is 366 g/mol. The second kappa shape index (κ2) is 8.79. The number of carbonyl (C=O) groups is 1. The van der Waals surface area contributed by atoms with E-state index in [0.29, 0.717) is 0 Å². The number of rotatable bonds is 7. The van der Waals surface area contributed by atoms with Crippen LogP contribution in [-0.4, -0.2) is 12.5 Å². The third kappa shape index (κ3) is 4.81. The number of quaternary nitrogens is 1. The van der Waals surface area contributed by atoms with Gasteiger partial charge in [0.05, 0.1) is 6.54 Å². The zero-order valence-electron chi connectivity index (χ0n) is 15.2. The highest BCUT2D eigenvalue weighted by Gasteiger charge is 2.24. The van der Waals surface area contributed by atoms with Crippen LogP contribution in [0.5, 0.6) is 0 Å². The van der Waals surface area contributed by atoms with Gasteiger partial charge in [0.2, 0.25) is 0 Å². The van der Waals surface area contributed by atoms with Crippen LogP contribution in [0.3, 0.4) is 0 Å². The van der Waals surface area contributed by atoms with Crippen LogP contribution in [-0.2, 0) is 11.2 Å². The molecule has 0 fully saturated rings. The van der Waals surface area contributed by atoms with Gasteiger partial charge < -0.3 is 10.6 Å². The molecule has 0 aliphatic carbocycles. The second-order valence-electron chi connectivity index (χ2n) is 6.55. The highest BCUT2D eigenvalue weighted by atomic mass is 32.1. The molecule has 3 nitrogen and oxygen atoms in total. The van der Waals surface area contributed by atoms with E-state index in [4.69, 9.17) is 0 Å². The van der Waals surface area contributed by atoms with Crippen molar-refractivity contribution in [3.05, 3.63) is 87.6 Å². The van der Waals surface area contributed by atoms with Crippen LogP contribution in [0.2, 0.25) is 0 Å². The standard InChI is InChI=1S/C22H24N2OS/c1-16-10-11-17(2)20(15-16)24-22(25)21(18-7-4-3-5-8-18)23-13-12-19-9-6-14-26-19/h3-11,14-15,21,23H,12-13H2,1-2H3,(H,24,25)/p+1/t21-/m0/s1. The summed E-state index contributed by atoms with van der Waals surface area (Å²) in [6.45, 7) is 4.93. The third-order valence-corrected chi connectivity index (χ3v) is 5.40. The van der Waals surface area contributed by atoms with Gasteiger partial charge in [-0.05, 0) is 42.5 Å². The molecule has 4 heteroatoms. The van der Waals surface area contributed by atoms with Gasteiger partial charge in [-0.1, -0.05) is 48.5 Å². The van der Waals surface area contributed by atoms with Gasteiger partial charge >= 0.3 is 0 Å². The van der Waals surface area contributed by atoms with Crippen molar-refractivity contribution >= 4 is 22.9 Å². The number of anilines is 1. The lowest BCUT2D eigenvalue weighted by molar-refractivity contribution is -0.682. The van der Waals surface area contributed by atoms with E-state index in [-0.39, 0.29) is 11.9 Å². The zero-order chi connectivity index (χ0) is 18.4. The van der Waals surface area contributed by atoms with Crippen molar-refractivity contribution in [1.29, 1.82) is 0 Å². The lowest BCUT2D eigenvalue weighted by Crippen LogP contribution is -2.87. The Labute approximate surface area is 159 Å². The molecule has 1 atom stereocenters. The summed E-state index contributed by atoms with van der Waals surface area (Å²) in [6.07, 6.45) is 0.970. The van der Waals surface area contributed by atoms with Gasteiger partial charge in [0.25, 0.3) is 5.91 Å². The number of hydrogen-bond donors (Lipinski definition) is 2. The second-order valence-corrected chi connectivity index (χ2v) is 7.58. The van der Waals surface area contributed by atoms with E-state index in [1.165, 1.54) is 4.88 Å². The highest BCUT2D eigenvalue weighted by Crippen LogP contribution is 2.18. The molecular formula is C22H25N2OS+. The summed E-state index contributed by atoms with van der Waals surface area (Å²) < 4.78 is 0. The molecule has 1 heterocycles. The van der Waals surface area contributed by atoms with Crippen LogP contribution in [0, 0.1) is 13.8 Å². The molecule has 0 unspecified atom stereocenters. The quantitative estimate of drug-likeness (QED) is 0.656. The van der Waals surface area contributed by atoms with Crippen LogP contribution in [0.4, 0.5) is 5.69 Å². The van der Waals surface area contributed by atoms with E-state index in [9.17, 15) is 4.79 Å². The fraction of sp³-hybridized carbons (Fsp3) is 0.227. The minimum absolute atomic E-state index is 0.0241. The number of nitrogens with two attached hydrogens (primary N) is 1.